The predicted octanol–water partition coefficient (Wildman–Crippen LogP) is 4.53. The Morgan fingerprint density at radius 2 is 1.44 bits per heavy atom. The fourth-order valence-electron chi connectivity index (χ4n) is 4.45. The zero-order chi connectivity index (χ0) is 27.6. The van der Waals surface area contributed by atoms with Crippen molar-refractivity contribution < 1.29 is 42.8 Å². The number of esters is 3. The minimum Gasteiger partial charge on any atom is -0.494 e. The van der Waals surface area contributed by atoms with Crippen molar-refractivity contribution in [2.75, 3.05) is 26.4 Å². The van der Waals surface area contributed by atoms with Crippen LogP contribution in [0.2, 0.25) is 0 Å². The highest BCUT2D eigenvalue weighted by molar-refractivity contribution is 5.92. The average Bonchev–Trinajstić information content (AvgIpc) is 3.53. The third-order valence-corrected chi connectivity index (χ3v) is 6.62. The molecule has 0 saturated carbocycles. The number of hydrogen-bond donors (Lipinski definition) is 0. The summed E-state index contributed by atoms with van der Waals surface area (Å²) < 4.78 is 33.1. The maximum atomic E-state index is 12.6. The Balaban J connectivity index is 1.15. The summed E-state index contributed by atoms with van der Waals surface area (Å²) >= 11 is 0. The topological polar surface area (TPSA) is 107 Å². The van der Waals surface area contributed by atoms with Crippen molar-refractivity contribution >= 4 is 17.9 Å². The van der Waals surface area contributed by atoms with Gasteiger partial charge in [0.05, 0.1) is 43.7 Å². The van der Waals surface area contributed by atoms with Gasteiger partial charge in [-0.1, -0.05) is 13.5 Å². The lowest BCUT2D eigenvalue weighted by atomic mass is 10.0. The van der Waals surface area contributed by atoms with E-state index in [0.29, 0.717) is 49.1 Å². The van der Waals surface area contributed by atoms with Gasteiger partial charge in [-0.15, -0.1) is 0 Å². The Hall–Kier alpha value is -3.69. The highest BCUT2D eigenvalue weighted by atomic mass is 16.6. The molecule has 9 heteroatoms. The molecule has 4 rings (SSSR count). The van der Waals surface area contributed by atoms with Gasteiger partial charge in [-0.2, -0.15) is 0 Å². The van der Waals surface area contributed by atoms with Crippen molar-refractivity contribution in [1.29, 1.82) is 0 Å². The smallest absolute Gasteiger partial charge is 0.343 e. The van der Waals surface area contributed by atoms with E-state index < -0.39 is 24.0 Å². The summed E-state index contributed by atoms with van der Waals surface area (Å²) in [5, 5.41) is 0. The first-order chi connectivity index (χ1) is 18.9. The maximum Gasteiger partial charge on any atom is 0.343 e. The van der Waals surface area contributed by atoms with Gasteiger partial charge in [0.25, 0.3) is 0 Å². The summed E-state index contributed by atoms with van der Waals surface area (Å²) in [6.45, 7) is 7.27. The van der Waals surface area contributed by atoms with Gasteiger partial charge in [0.2, 0.25) is 0 Å². The van der Waals surface area contributed by atoms with Crippen LogP contribution in [0.25, 0.3) is 0 Å². The minimum absolute atomic E-state index is 0.0385. The van der Waals surface area contributed by atoms with Crippen LogP contribution >= 0.6 is 0 Å². The first-order valence-corrected chi connectivity index (χ1v) is 13.2. The van der Waals surface area contributed by atoms with E-state index in [9.17, 15) is 14.4 Å². The molecule has 2 aromatic rings. The number of ether oxygens (including phenoxy) is 6. The normalized spacial score (nSPS) is 21.6. The van der Waals surface area contributed by atoms with E-state index in [2.05, 4.69) is 13.5 Å². The van der Waals surface area contributed by atoms with Crippen LogP contribution < -0.4 is 9.47 Å². The number of rotatable bonds is 13. The molecular weight excluding hydrogens is 504 g/mol. The van der Waals surface area contributed by atoms with Crippen molar-refractivity contribution in [2.24, 2.45) is 5.92 Å². The van der Waals surface area contributed by atoms with Crippen molar-refractivity contribution in [3.05, 3.63) is 72.3 Å². The van der Waals surface area contributed by atoms with Crippen molar-refractivity contribution in [3.63, 3.8) is 0 Å². The number of carbonyl (C=O) groups excluding carboxylic acids is 3. The van der Waals surface area contributed by atoms with E-state index in [-0.39, 0.29) is 18.1 Å². The number of benzene rings is 2. The molecule has 2 aromatic carbocycles. The van der Waals surface area contributed by atoms with Gasteiger partial charge in [0.1, 0.15) is 17.6 Å². The fourth-order valence-corrected chi connectivity index (χ4v) is 4.45. The van der Waals surface area contributed by atoms with Crippen LogP contribution in [-0.2, 0) is 23.7 Å². The SMILES string of the molecule is C=CC(=O)OCCCCCCOc1ccc(C(=O)Oc2ccc(C(=O)O[C@H]3CO[C@H]4[C@@H]3OC[C@H]4C)cc2)cc1. The molecule has 0 bridgehead atoms. The molecule has 9 nitrogen and oxygen atoms in total. The van der Waals surface area contributed by atoms with Gasteiger partial charge in [-0.05, 0) is 74.2 Å². The van der Waals surface area contributed by atoms with Crippen molar-refractivity contribution in [2.45, 2.75) is 50.9 Å². The quantitative estimate of drug-likeness (QED) is 0.157. The highest BCUT2D eigenvalue weighted by Gasteiger charge is 2.47. The molecule has 2 heterocycles. The van der Waals surface area contributed by atoms with Gasteiger partial charge in [-0.25, -0.2) is 14.4 Å². The van der Waals surface area contributed by atoms with Gasteiger partial charge < -0.3 is 28.4 Å². The summed E-state index contributed by atoms with van der Waals surface area (Å²) in [6, 6.07) is 12.9. The first-order valence-electron chi connectivity index (χ1n) is 13.2. The number of carbonyl (C=O) groups is 3. The second kappa shape index (κ2) is 13.9. The molecule has 0 radical (unpaired) electrons. The molecule has 0 amide bonds. The van der Waals surface area contributed by atoms with Crippen LogP contribution in [0.4, 0.5) is 0 Å². The monoisotopic (exact) mass is 538 g/mol. The van der Waals surface area contributed by atoms with Crippen molar-refractivity contribution in [3.8, 4) is 11.5 Å². The Morgan fingerprint density at radius 3 is 2.13 bits per heavy atom. The van der Waals surface area contributed by atoms with E-state index >= 15 is 0 Å². The zero-order valence-electron chi connectivity index (χ0n) is 22.0. The van der Waals surface area contributed by atoms with Gasteiger partial charge >= 0.3 is 17.9 Å². The molecule has 0 N–H and O–H groups in total. The molecule has 2 saturated heterocycles. The van der Waals surface area contributed by atoms with Crippen LogP contribution in [0.5, 0.6) is 11.5 Å². The third kappa shape index (κ3) is 7.91. The number of hydrogen-bond acceptors (Lipinski definition) is 9. The molecule has 2 aliphatic heterocycles. The lowest BCUT2D eigenvalue weighted by Crippen LogP contribution is -2.32. The summed E-state index contributed by atoms with van der Waals surface area (Å²) in [5.41, 5.74) is 0.725. The summed E-state index contributed by atoms with van der Waals surface area (Å²) in [5.74, 6) is -0.144. The molecule has 39 heavy (non-hydrogen) atoms. The van der Waals surface area contributed by atoms with Crippen LogP contribution in [0.3, 0.4) is 0 Å². The van der Waals surface area contributed by atoms with Crippen LogP contribution in [0.1, 0.15) is 53.3 Å². The molecule has 0 aliphatic carbocycles. The largest absolute Gasteiger partial charge is 0.494 e. The molecule has 2 aliphatic rings. The van der Waals surface area contributed by atoms with Crippen LogP contribution in [0, 0.1) is 5.92 Å². The molecule has 0 unspecified atom stereocenters. The highest BCUT2D eigenvalue weighted by Crippen LogP contribution is 2.32. The van der Waals surface area contributed by atoms with Crippen LogP contribution in [-0.4, -0.2) is 62.6 Å². The summed E-state index contributed by atoms with van der Waals surface area (Å²) in [4.78, 5) is 36.1. The maximum absolute atomic E-state index is 12.6. The van der Waals surface area contributed by atoms with E-state index in [1.165, 1.54) is 0 Å². The minimum atomic E-state index is -0.518. The van der Waals surface area contributed by atoms with Gasteiger partial charge in [0.15, 0.2) is 6.10 Å². The lowest BCUT2D eigenvalue weighted by Gasteiger charge is -2.16. The lowest BCUT2D eigenvalue weighted by molar-refractivity contribution is -0.137. The molecule has 4 atom stereocenters. The van der Waals surface area contributed by atoms with Gasteiger partial charge in [0, 0.05) is 12.0 Å². The second-order valence-electron chi connectivity index (χ2n) is 9.59. The Labute approximate surface area is 228 Å². The number of unbranched alkanes of at least 4 members (excludes halogenated alkanes) is 3. The molecule has 208 valence electrons. The zero-order valence-corrected chi connectivity index (χ0v) is 22.0. The van der Waals surface area contributed by atoms with Crippen molar-refractivity contribution in [1.82, 2.24) is 0 Å². The number of fused-ring (bicyclic) bond motifs is 1. The fraction of sp³-hybridized carbons (Fsp3) is 0.433. The molecular formula is C30H34O9. The Bertz CT molecular complexity index is 1130. The van der Waals surface area contributed by atoms with Crippen LogP contribution in [0.15, 0.2) is 61.2 Å². The third-order valence-electron chi connectivity index (χ3n) is 6.62. The van der Waals surface area contributed by atoms with E-state index in [0.717, 1.165) is 31.8 Å². The summed E-state index contributed by atoms with van der Waals surface area (Å²) in [6.07, 6.45) is 4.01. The van der Waals surface area contributed by atoms with E-state index in [1.807, 2.05) is 0 Å². The van der Waals surface area contributed by atoms with Gasteiger partial charge in [-0.3, -0.25) is 0 Å². The average molecular weight is 539 g/mol. The molecule has 0 spiro atoms. The molecule has 2 fully saturated rings. The molecule has 0 aromatic heterocycles. The second-order valence-corrected chi connectivity index (χ2v) is 9.59. The van der Waals surface area contributed by atoms with E-state index in [1.54, 1.807) is 48.5 Å². The Kier molecular flexibility index (Phi) is 10.1. The Morgan fingerprint density at radius 1 is 0.821 bits per heavy atom. The summed E-state index contributed by atoms with van der Waals surface area (Å²) in [7, 11) is 0. The predicted molar refractivity (Wildman–Crippen MR) is 141 cm³/mol. The van der Waals surface area contributed by atoms with E-state index in [4.69, 9.17) is 28.4 Å². The first kappa shape index (κ1) is 28.3. The standard InChI is InChI=1S/C30H34O9/c1-3-26(31)35-17-7-5-4-6-16-34-23-12-8-21(9-13-23)29(32)38-24-14-10-22(11-15-24)30(33)39-25-19-37-27-20(2)18-36-28(25)27/h3,8-15,20,25,27-28H,1,4-7,16-19H2,2H3/t20-,25+,27-,28-/m1/s1.